The zero-order valence-electron chi connectivity index (χ0n) is 16.7. The zero-order valence-corrected chi connectivity index (χ0v) is 17.6. The van der Waals surface area contributed by atoms with Gasteiger partial charge in [0.2, 0.25) is 5.91 Å². The van der Waals surface area contributed by atoms with Crippen LogP contribution in [0.15, 0.2) is 47.4 Å². The number of ether oxygens (including phenoxy) is 2. The number of carbonyl (C=O) groups excluding carboxylic acids is 1. The van der Waals surface area contributed by atoms with Gasteiger partial charge in [-0.25, -0.2) is 0 Å². The highest BCUT2D eigenvalue weighted by atomic mass is 32.2. The largest absolute Gasteiger partial charge is 0.493 e. The summed E-state index contributed by atoms with van der Waals surface area (Å²) in [6, 6.07) is 14.3. The number of hydrogen-bond donors (Lipinski definition) is 1. The number of carbonyl (C=O) groups is 1. The predicted octanol–water partition coefficient (Wildman–Crippen LogP) is 4.67. The number of thioether (sulfide) groups is 1. The summed E-state index contributed by atoms with van der Waals surface area (Å²) in [7, 11) is 3.22. The van der Waals surface area contributed by atoms with Crippen LogP contribution < -0.4 is 14.8 Å². The van der Waals surface area contributed by atoms with Gasteiger partial charge in [0, 0.05) is 11.4 Å². The molecule has 2 rings (SSSR count). The molecule has 0 aliphatic heterocycles. The molecule has 1 amide bonds. The van der Waals surface area contributed by atoms with Gasteiger partial charge in [0.05, 0.1) is 19.5 Å². The van der Waals surface area contributed by atoms with E-state index >= 15 is 0 Å². The number of nitrogens with one attached hydrogen (secondary N) is 1. The summed E-state index contributed by atoms with van der Waals surface area (Å²) in [5.41, 5.74) is 2.57. The van der Waals surface area contributed by atoms with E-state index in [1.807, 2.05) is 25.1 Å². The summed E-state index contributed by atoms with van der Waals surface area (Å²) in [4.78, 5) is 13.3. The SMILES string of the molecule is COc1ccc(S[C@@H](C)C(=O)NCCc2ccc(C(C)C)cc2)cc1OC. The molecule has 0 unspecified atom stereocenters. The Hall–Kier alpha value is -2.14. The summed E-state index contributed by atoms with van der Waals surface area (Å²) >= 11 is 1.50. The van der Waals surface area contributed by atoms with Gasteiger partial charge in [0.1, 0.15) is 0 Å². The van der Waals surface area contributed by atoms with Crippen molar-refractivity contribution in [2.75, 3.05) is 20.8 Å². The maximum absolute atomic E-state index is 12.4. The minimum atomic E-state index is -0.189. The predicted molar refractivity (Wildman–Crippen MR) is 112 cm³/mol. The molecule has 0 saturated heterocycles. The van der Waals surface area contributed by atoms with Gasteiger partial charge >= 0.3 is 0 Å². The van der Waals surface area contributed by atoms with Crippen LogP contribution in [0.4, 0.5) is 0 Å². The van der Waals surface area contributed by atoms with Gasteiger partial charge in [-0.05, 0) is 48.6 Å². The highest BCUT2D eigenvalue weighted by molar-refractivity contribution is 8.00. The number of methoxy groups -OCH3 is 2. The zero-order chi connectivity index (χ0) is 19.8. The van der Waals surface area contributed by atoms with Gasteiger partial charge in [0.25, 0.3) is 0 Å². The summed E-state index contributed by atoms with van der Waals surface area (Å²) in [6.45, 7) is 6.92. The van der Waals surface area contributed by atoms with E-state index in [0.717, 1.165) is 11.3 Å². The van der Waals surface area contributed by atoms with Gasteiger partial charge in [0.15, 0.2) is 11.5 Å². The second-order valence-electron chi connectivity index (χ2n) is 6.71. The molecule has 0 saturated carbocycles. The van der Waals surface area contributed by atoms with Crippen molar-refractivity contribution >= 4 is 17.7 Å². The molecule has 0 aliphatic carbocycles. The Morgan fingerprint density at radius 1 is 1.00 bits per heavy atom. The first-order valence-electron chi connectivity index (χ1n) is 9.19. The van der Waals surface area contributed by atoms with Crippen LogP contribution in [0.25, 0.3) is 0 Å². The highest BCUT2D eigenvalue weighted by Crippen LogP contribution is 2.33. The molecule has 0 bridgehead atoms. The Morgan fingerprint density at radius 2 is 1.67 bits per heavy atom. The molecule has 27 heavy (non-hydrogen) atoms. The van der Waals surface area contributed by atoms with Gasteiger partial charge in [-0.15, -0.1) is 11.8 Å². The summed E-state index contributed by atoms with van der Waals surface area (Å²) in [5.74, 6) is 1.92. The Kier molecular flexibility index (Phi) is 8.04. The number of benzene rings is 2. The summed E-state index contributed by atoms with van der Waals surface area (Å²) in [5, 5.41) is 2.84. The maximum atomic E-state index is 12.4. The molecule has 1 atom stereocenters. The third-order valence-electron chi connectivity index (χ3n) is 4.40. The van der Waals surface area contributed by atoms with E-state index in [1.54, 1.807) is 14.2 Å². The van der Waals surface area contributed by atoms with Crippen molar-refractivity contribution in [2.24, 2.45) is 0 Å². The van der Waals surface area contributed by atoms with Gasteiger partial charge in [-0.2, -0.15) is 0 Å². The van der Waals surface area contributed by atoms with E-state index in [4.69, 9.17) is 9.47 Å². The quantitative estimate of drug-likeness (QED) is 0.636. The van der Waals surface area contributed by atoms with Gasteiger partial charge in [-0.1, -0.05) is 38.1 Å². The van der Waals surface area contributed by atoms with E-state index < -0.39 is 0 Å². The average molecular weight is 388 g/mol. The Labute approximate surface area is 166 Å². The molecule has 0 radical (unpaired) electrons. The topological polar surface area (TPSA) is 47.6 Å². The van der Waals surface area contributed by atoms with E-state index in [-0.39, 0.29) is 11.2 Å². The van der Waals surface area contributed by atoms with Crippen molar-refractivity contribution in [2.45, 2.75) is 43.3 Å². The third-order valence-corrected chi connectivity index (χ3v) is 5.49. The van der Waals surface area contributed by atoms with Crippen molar-refractivity contribution < 1.29 is 14.3 Å². The number of rotatable bonds is 9. The average Bonchev–Trinajstić information content (AvgIpc) is 2.68. The van der Waals surface area contributed by atoms with Crippen LogP contribution >= 0.6 is 11.8 Å². The lowest BCUT2D eigenvalue weighted by molar-refractivity contribution is -0.120. The first-order chi connectivity index (χ1) is 12.9. The van der Waals surface area contributed by atoms with Crippen LogP contribution in [0.3, 0.4) is 0 Å². The molecule has 0 aliphatic rings. The van der Waals surface area contributed by atoms with Crippen molar-refractivity contribution in [3.63, 3.8) is 0 Å². The van der Waals surface area contributed by atoms with E-state index in [2.05, 4.69) is 43.4 Å². The van der Waals surface area contributed by atoms with Gasteiger partial charge in [-0.3, -0.25) is 4.79 Å². The first kappa shape index (κ1) is 21.2. The lowest BCUT2D eigenvalue weighted by Crippen LogP contribution is -2.32. The van der Waals surface area contributed by atoms with Crippen molar-refractivity contribution in [3.8, 4) is 11.5 Å². The fourth-order valence-electron chi connectivity index (χ4n) is 2.69. The molecule has 0 fully saturated rings. The van der Waals surface area contributed by atoms with E-state index in [1.165, 1.54) is 22.9 Å². The van der Waals surface area contributed by atoms with Crippen molar-refractivity contribution in [1.29, 1.82) is 0 Å². The summed E-state index contributed by atoms with van der Waals surface area (Å²) in [6.07, 6.45) is 0.831. The van der Waals surface area contributed by atoms with Crippen LogP contribution in [-0.4, -0.2) is 31.9 Å². The normalized spacial score (nSPS) is 11.9. The second-order valence-corrected chi connectivity index (χ2v) is 8.13. The lowest BCUT2D eigenvalue weighted by Gasteiger charge is -2.14. The minimum Gasteiger partial charge on any atom is -0.493 e. The third kappa shape index (κ3) is 6.21. The molecular formula is C22H29NO3S. The van der Waals surface area contributed by atoms with Crippen LogP contribution in [-0.2, 0) is 11.2 Å². The Balaban J connectivity index is 1.83. The molecule has 1 N–H and O–H groups in total. The Bertz CT molecular complexity index is 744. The second kappa shape index (κ2) is 10.3. The molecule has 146 valence electrons. The fourth-order valence-corrected chi connectivity index (χ4v) is 3.61. The fraction of sp³-hybridized carbons (Fsp3) is 0.409. The van der Waals surface area contributed by atoms with Crippen LogP contribution in [0.1, 0.15) is 37.8 Å². The molecule has 2 aromatic rings. The van der Waals surface area contributed by atoms with E-state index in [9.17, 15) is 4.79 Å². The molecule has 4 nitrogen and oxygen atoms in total. The number of hydrogen-bond acceptors (Lipinski definition) is 4. The minimum absolute atomic E-state index is 0.0357. The first-order valence-corrected chi connectivity index (χ1v) is 10.1. The molecule has 0 spiro atoms. The smallest absolute Gasteiger partial charge is 0.233 e. The van der Waals surface area contributed by atoms with Gasteiger partial charge < -0.3 is 14.8 Å². The molecule has 0 heterocycles. The molecule has 0 aromatic heterocycles. The molecule has 5 heteroatoms. The highest BCUT2D eigenvalue weighted by Gasteiger charge is 2.15. The maximum Gasteiger partial charge on any atom is 0.233 e. The van der Waals surface area contributed by atoms with Crippen LogP contribution in [0.5, 0.6) is 11.5 Å². The van der Waals surface area contributed by atoms with Crippen LogP contribution in [0, 0.1) is 0 Å². The van der Waals surface area contributed by atoms with Crippen molar-refractivity contribution in [3.05, 3.63) is 53.6 Å². The van der Waals surface area contributed by atoms with Crippen molar-refractivity contribution in [1.82, 2.24) is 5.32 Å². The standard InChI is InChI=1S/C22H29NO3S/c1-15(2)18-8-6-17(7-9-18)12-13-23-22(24)16(3)27-19-10-11-20(25-4)21(14-19)26-5/h6-11,14-16H,12-13H2,1-5H3,(H,23,24)/t16-/m0/s1. The lowest BCUT2D eigenvalue weighted by atomic mass is 10.0. The van der Waals surface area contributed by atoms with E-state index in [0.29, 0.717) is 24.0 Å². The Morgan fingerprint density at radius 3 is 2.26 bits per heavy atom. The number of amides is 1. The molecular weight excluding hydrogens is 358 g/mol. The van der Waals surface area contributed by atoms with Crippen LogP contribution in [0.2, 0.25) is 0 Å². The monoisotopic (exact) mass is 387 g/mol. The summed E-state index contributed by atoms with van der Waals surface area (Å²) < 4.78 is 10.6. The molecule has 2 aromatic carbocycles.